The molecule has 1 aliphatic rings. The summed E-state index contributed by atoms with van der Waals surface area (Å²) in [7, 11) is 0. The van der Waals surface area contributed by atoms with Crippen LogP contribution in [0.2, 0.25) is 0 Å². The normalized spacial score (nSPS) is 20.2. The highest BCUT2D eigenvalue weighted by Gasteiger charge is 2.30. The molecule has 1 saturated heterocycles. The smallest absolute Gasteiger partial charge is 0.240 e. The second kappa shape index (κ2) is 7.11. The van der Waals surface area contributed by atoms with Gasteiger partial charge in [0.1, 0.15) is 6.04 Å². The van der Waals surface area contributed by atoms with Crippen molar-refractivity contribution in [1.82, 2.24) is 10.6 Å². The maximum Gasteiger partial charge on any atom is 0.240 e. The summed E-state index contributed by atoms with van der Waals surface area (Å²) < 4.78 is 0. The van der Waals surface area contributed by atoms with Crippen molar-refractivity contribution in [3.8, 4) is 0 Å². The SMILES string of the molecule is CC(C)CCC(=O)NC(CC1CCNC1=O)C(N)=O. The summed E-state index contributed by atoms with van der Waals surface area (Å²) in [5.74, 6) is -0.641. The average Bonchev–Trinajstić information content (AvgIpc) is 2.71. The van der Waals surface area contributed by atoms with Crippen molar-refractivity contribution in [3.63, 3.8) is 0 Å². The number of amides is 3. The molecule has 2 atom stereocenters. The number of rotatable bonds is 7. The van der Waals surface area contributed by atoms with Crippen LogP contribution in [0.4, 0.5) is 0 Å². The summed E-state index contributed by atoms with van der Waals surface area (Å²) in [4.78, 5) is 34.5. The molecule has 6 nitrogen and oxygen atoms in total. The van der Waals surface area contributed by atoms with Crippen LogP contribution in [-0.4, -0.2) is 30.3 Å². The first-order chi connectivity index (χ1) is 8.90. The van der Waals surface area contributed by atoms with Crippen LogP contribution in [0.3, 0.4) is 0 Å². The Morgan fingerprint density at radius 1 is 1.47 bits per heavy atom. The van der Waals surface area contributed by atoms with Gasteiger partial charge in [-0.25, -0.2) is 0 Å². The van der Waals surface area contributed by atoms with Crippen molar-refractivity contribution >= 4 is 17.7 Å². The minimum atomic E-state index is -0.756. The van der Waals surface area contributed by atoms with Crippen molar-refractivity contribution < 1.29 is 14.4 Å². The van der Waals surface area contributed by atoms with Gasteiger partial charge in [0.25, 0.3) is 0 Å². The Kier molecular flexibility index (Phi) is 5.79. The van der Waals surface area contributed by atoms with Crippen molar-refractivity contribution in [2.45, 2.75) is 45.6 Å². The molecule has 4 N–H and O–H groups in total. The molecule has 0 aromatic carbocycles. The van der Waals surface area contributed by atoms with Gasteiger partial charge in [0.15, 0.2) is 0 Å². The Hall–Kier alpha value is -1.59. The highest BCUT2D eigenvalue weighted by molar-refractivity contribution is 5.88. The van der Waals surface area contributed by atoms with E-state index < -0.39 is 11.9 Å². The quantitative estimate of drug-likeness (QED) is 0.602. The molecule has 3 amide bonds. The van der Waals surface area contributed by atoms with E-state index in [1.165, 1.54) is 0 Å². The predicted molar refractivity (Wildman–Crippen MR) is 70.9 cm³/mol. The van der Waals surface area contributed by atoms with Gasteiger partial charge in [0.05, 0.1) is 0 Å². The molecule has 1 rings (SSSR count). The number of nitrogens with two attached hydrogens (primary N) is 1. The number of hydrogen-bond donors (Lipinski definition) is 3. The van der Waals surface area contributed by atoms with Crippen LogP contribution in [0.5, 0.6) is 0 Å². The fourth-order valence-corrected chi connectivity index (χ4v) is 2.09. The van der Waals surface area contributed by atoms with Gasteiger partial charge in [-0.15, -0.1) is 0 Å². The van der Waals surface area contributed by atoms with Gasteiger partial charge in [-0.2, -0.15) is 0 Å². The molecule has 0 aromatic heterocycles. The molecule has 0 radical (unpaired) electrons. The first-order valence-corrected chi connectivity index (χ1v) is 6.76. The topological polar surface area (TPSA) is 101 Å². The van der Waals surface area contributed by atoms with E-state index in [9.17, 15) is 14.4 Å². The lowest BCUT2D eigenvalue weighted by molar-refractivity contribution is -0.129. The number of carbonyl (C=O) groups excluding carboxylic acids is 3. The Bertz CT molecular complexity index is 355. The van der Waals surface area contributed by atoms with E-state index in [0.717, 1.165) is 6.42 Å². The van der Waals surface area contributed by atoms with Crippen molar-refractivity contribution in [2.24, 2.45) is 17.6 Å². The number of primary amides is 1. The number of carbonyl (C=O) groups is 3. The maximum absolute atomic E-state index is 11.7. The summed E-state index contributed by atoms with van der Waals surface area (Å²) in [6.45, 7) is 4.68. The zero-order valence-corrected chi connectivity index (χ0v) is 11.6. The zero-order chi connectivity index (χ0) is 14.4. The van der Waals surface area contributed by atoms with Crippen LogP contribution in [0.1, 0.15) is 39.5 Å². The summed E-state index contributed by atoms with van der Waals surface area (Å²) in [6, 6.07) is -0.756. The third kappa shape index (κ3) is 5.28. The molecule has 0 saturated carbocycles. The second-order valence-corrected chi connectivity index (χ2v) is 5.47. The molecule has 108 valence electrons. The van der Waals surface area contributed by atoms with Crippen molar-refractivity contribution in [2.75, 3.05) is 6.54 Å². The van der Waals surface area contributed by atoms with E-state index >= 15 is 0 Å². The van der Waals surface area contributed by atoms with E-state index in [1.807, 2.05) is 13.8 Å². The fourth-order valence-electron chi connectivity index (χ4n) is 2.09. The van der Waals surface area contributed by atoms with E-state index in [4.69, 9.17) is 5.73 Å². The summed E-state index contributed by atoms with van der Waals surface area (Å²) in [5, 5.41) is 5.33. The fraction of sp³-hybridized carbons (Fsp3) is 0.769. The van der Waals surface area contributed by atoms with Crippen LogP contribution < -0.4 is 16.4 Å². The van der Waals surface area contributed by atoms with Gasteiger partial charge in [-0.3, -0.25) is 14.4 Å². The first kappa shape index (κ1) is 15.5. The summed E-state index contributed by atoms with van der Waals surface area (Å²) in [5.41, 5.74) is 5.28. The lowest BCUT2D eigenvalue weighted by Gasteiger charge is -2.18. The number of nitrogens with one attached hydrogen (secondary N) is 2. The minimum absolute atomic E-state index is 0.0670. The van der Waals surface area contributed by atoms with Crippen LogP contribution in [-0.2, 0) is 14.4 Å². The van der Waals surface area contributed by atoms with Gasteiger partial charge < -0.3 is 16.4 Å². The average molecular weight is 269 g/mol. The number of hydrogen-bond acceptors (Lipinski definition) is 3. The molecule has 2 unspecified atom stereocenters. The Morgan fingerprint density at radius 2 is 2.16 bits per heavy atom. The van der Waals surface area contributed by atoms with Gasteiger partial charge in [0, 0.05) is 18.9 Å². The van der Waals surface area contributed by atoms with Crippen LogP contribution in [0.25, 0.3) is 0 Å². The van der Waals surface area contributed by atoms with Crippen LogP contribution in [0, 0.1) is 11.8 Å². The Balaban J connectivity index is 2.46. The molecule has 1 aliphatic heterocycles. The van der Waals surface area contributed by atoms with Crippen molar-refractivity contribution in [3.05, 3.63) is 0 Å². The molecule has 0 aliphatic carbocycles. The minimum Gasteiger partial charge on any atom is -0.368 e. The molecule has 0 bridgehead atoms. The Labute approximate surface area is 113 Å². The van der Waals surface area contributed by atoms with E-state index in [0.29, 0.717) is 25.3 Å². The second-order valence-electron chi connectivity index (χ2n) is 5.47. The molecule has 6 heteroatoms. The van der Waals surface area contributed by atoms with Gasteiger partial charge in [-0.1, -0.05) is 13.8 Å². The third-order valence-electron chi connectivity index (χ3n) is 3.31. The lowest BCUT2D eigenvalue weighted by atomic mass is 9.97. The van der Waals surface area contributed by atoms with Crippen molar-refractivity contribution in [1.29, 1.82) is 0 Å². The predicted octanol–water partition coefficient (Wildman–Crippen LogP) is -0.0811. The Morgan fingerprint density at radius 3 is 2.63 bits per heavy atom. The molecule has 1 heterocycles. The molecule has 1 fully saturated rings. The van der Waals surface area contributed by atoms with Crippen LogP contribution in [0.15, 0.2) is 0 Å². The van der Waals surface area contributed by atoms with E-state index in [-0.39, 0.29) is 24.2 Å². The third-order valence-corrected chi connectivity index (χ3v) is 3.31. The highest BCUT2D eigenvalue weighted by atomic mass is 16.2. The molecular formula is C13H23N3O3. The van der Waals surface area contributed by atoms with Crippen LogP contribution >= 0.6 is 0 Å². The van der Waals surface area contributed by atoms with Gasteiger partial charge >= 0.3 is 0 Å². The zero-order valence-electron chi connectivity index (χ0n) is 11.6. The summed E-state index contributed by atoms with van der Waals surface area (Å²) in [6.07, 6.45) is 2.11. The van der Waals surface area contributed by atoms with Gasteiger partial charge in [0.2, 0.25) is 17.7 Å². The maximum atomic E-state index is 11.7. The van der Waals surface area contributed by atoms with Gasteiger partial charge in [-0.05, 0) is 25.2 Å². The largest absolute Gasteiger partial charge is 0.368 e. The molecule has 0 aromatic rings. The summed E-state index contributed by atoms with van der Waals surface area (Å²) >= 11 is 0. The molecule has 0 spiro atoms. The molecule has 19 heavy (non-hydrogen) atoms. The monoisotopic (exact) mass is 269 g/mol. The first-order valence-electron chi connectivity index (χ1n) is 6.76. The standard InChI is InChI=1S/C13H23N3O3/c1-8(2)3-4-11(17)16-10(12(14)18)7-9-5-6-15-13(9)19/h8-10H,3-7H2,1-2H3,(H2,14,18)(H,15,19)(H,16,17). The van der Waals surface area contributed by atoms with E-state index in [1.54, 1.807) is 0 Å². The highest BCUT2D eigenvalue weighted by Crippen LogP contribution is 2.16. The lowest BCUT2D eigenvalue weighted by Crippen LogP contribution is -2.46. The van der Waals surface area contributed by atoms with E-state index in [2.05, 4.69) is 10.6 Å². The molecular weight excluding hydrogens is 246 g/mol.